The Hall–Kier alpha value is -1.46. The minimum atomic E-state index is -0.183. The van der Waals surface area contributed by atoms with Crippen LogP contribution in [-0.4, -0.2) is 37.9 Å². The summed E-state index contributed by atoms with van der Waals surface area (Å²) in [5.41, 5.74) is 0.815. The van der Waals surface area contributed by atoms with Crippen LogP contribution in [0.25, 0.3) is 0 Å². The molecule has 1 saturated heterocycles. The molecule has 1 aliphatic heterocycles. The van der Waals surface area contributed by atoms with Crippen molar-refractivity contribution in [1.29, 1.82) is 0 Å². The first-order valence-electron chi connectivity index (χ1n) is 8.42. The Labute approximate surface area is 137 Å². The van der Waals surface area contributed by atoms with Crippen LogP contribution in [0.1, 0.15) is 51.4 Å². The summed E-state index contributed by atoms with van der Waals surface area (Å²) in [4.78, 5) is 23.0. The fraction of sp³-hybridized carbons (Fsp3) is 0.667. The maximum atomic E-state index is 12.0. The van der Waals surface area contributed by atoms with Gasteiger partial charge in [-0.2, -0.15) is 0 Å². The van der Waals surface area contributed by atoms with Gasteiger partial charge in [0.05, 0.1) is 13.2 Å². The number of allylic oxidation sites excluding steroid dienone is 3. The number of carbonyl (C=O) groups excluding carboxylic acids is 2. The van der Waals surface area contributed by atoms with E-state index in [1.54, 1.807) is 0 Å². The number of methoxy groups -OCH3 is 1. The van der Waals surface area contributed by atoms with E-state index in [0.29, 0.717) is 19.3 Å². The van der Waals surface area contributed by atoms with Crippen molar-refractivity contribution < 1.29 is 23.8 Å². The van der Waals surface area contributed by atoms with E-state index in [1.165, 1.54) is 7.11 Å². The van der Waals surface area contributed by atoms with Crippen molar-refractivity contribution in [1.82, 2.24) is 0 Å². The number of esters is 1. The maximum absolute atomic E-state index is 12.0. The fourth-order valence-corrected chi connectivity index (χ4v) is 2.77. The molecular formula is C18H26O5. The van der Waals surface area contributed by atoms with Gasteiger partial charge in [0, 0.05) is 19.4 Å². The molecule has 23 heavy (non-hydrogen) atoms. The molecule has 1 heterocycles. The van der Waals surface area contributed by atoms with Crippen molar-refractivity contribution in [3.8, 4) is 0 Å². The molecule has 5 nitrogen and oxygen atoms in total. The number of Topliss-reactive ketones (excluding diaryl/α,β-unsaturated/α-hetero) is 1. The lowest BCUT2D eigenvalue weighted by Gasteiger charge is -2.24. The topological polar surface area (TPSA) is 61.8 Å². The summed E-state index contributed by atoms with van der Waals surface area (Å²) in [5.74, 6) is -0.0259. The first-order chi connectivity index (χ1) is 11.2. The van der Waals surface area contributed by atoms with Crippen LogP contribution in [0, 0.1) is 0 Å². The highest BCUT2D eigenvalue weighted by Crippen LogP contribution is 2.24. The monoisotopic (exact) mass is 322 g/mol. The van der Waals surface area contributed by atoms with E-state index >= 15 is 0 Å². The molecule has 2 aliphatic rings. The Morgan fingerprint density at radius 1 is 1.39 bits per heavy atom. The molecule has 1 unspecified atom stereocenters. The second-order valence-corrected chi connectivity index (χ2v) is 5.93. The molecule has 2 rings (SSSR count). The molecule has 0 radical (unpaired) electrons. The third-order valence-electron chi connectivity index (χ3n) is 4.08. The Kier molecular flexibility index (Phi) is 7.49. The summed E-state index contributed by atoms with van der Waals surface area (Å²) < 4.78 is 16.0. The van der Waals surface area contributed by atoms with Crippen molar-refractivity contribution in [2.45, 2.75) is 63.8 Å². The minimum absolute atomic E-state index is 0.145. The standard InChI is InChI=1S/C18H26O5/c1-21-17(20)9-5-3-2-4-8-14-12-15(13-16(14)19)23-18-10-6-7-11-22-18/h2,4,12,15,18H,3,5-11,13H2,1H3/b4-2-/t15-,18?/m0/s1. The predicted molar refractivity (Wildman–Crippen MR) is 85.8 cm³/mol. The summed E-state index contributed by atoms with van der Waals surface area (Å²) in [6.07, 6.45) is 11.8. The average molecular weight is 322 g/mol. The van der Waals surface area contributed by atoms with Crippen LogP contribution >= 0.6 is 0 Å². The van der Waals surface area contributed by atoms with Gasteiger partial charge < -0.3 is 14.2 Å². The summed E-state index contributed by atoms with van der Waals surface area (Å²) in [6.45, 7) is 0.746. The van der Waals surface area contributed by atoms with Crippen molar-refractivity contribution in [3.05, 3.63) is 23.8 Å². The SMILES string of the molecule is COC(=O)CCC/C=C\CC1=C[C@H](OC2CCCCO2)CC1=O. The van der Waals surface area contributed by atoms with Gasteiger partial charge in [0.15, 0.2) is 12.1 Å². The second kappa shape index (κ2) is 9.63. The van der Waals surface area contributed by atoms with Gasteiger partial charge >= 0.3 is 5.97 Å². The van der Waals surface area contributed by atoms with Crippen molar-refractivity contribution >= 4 is 11.8 Å². The van der Waals surface area contributed by atoms with Gasteiger partial charge in [-0.05, 0) is 50.2 Å². The number of hydrogen-bond donors (Lipinski definition) is 0. The van der Waals surface area contributed by atoms with Crippen LogP contribution in [0.3, 0.4) is 0 Å². The van der Waals surface area contributed by atoms with Crippen molar-refractivity contribution in [2.75, 3.05) is 13.7 Å². The van der Waals surface area contributed by atoms with Gasteiger partial charge in [0.2, 0.25) is 0 Å². The highest BCUT2D eigenvalue weighted by atomic mass is 16.7. The quantitative estimate of drug-likeness (QED) is 0.390. The summed E-state index contributed by atoms with van der Waals surface area (Å²) in [6, 6.07) is 0. The summed E-state index contributed by atoms with van der Waals surface area (Å²) >= 11 is 0. The van der Waals surface area contributed by atoms with E-state index in [0.717, 1.165) is 44.3 Å². The zero-order valence-corrected chi connectivity index (χ0v) is 13.8. The molecule has 0 bridgehead atoms. The van der Waals surface area contributed by atoms with E-state index in [4.69, 9.17) is 9.47 Å². The molecular weight excluding hydrogens is 296 g/mol. The summed E-state index contributed by atoms with van der Waals surface area (Å²) in [5, 5.41) is 0. The van der Waals surface area contributed by atoms with Crippen LogP contribution in [0.4, 0.5) is 0 Å². The number of rotatable bonds is 8. The van der Waals surface area contributed by atoms with E-state index in [2.05, 4.69) is 4.74 Å². The Balaban J connectivity index is 1.68. The molecule has 5 heteroatoms. The van der Waals surface area contributed by atoms with Gasteiger partial charge in [-0.25, -0.2) is 0 Å². The first kappa shape index (κ1) is 17.9. The molecule has 0 aromatic carbocycles. The average Bonchev–Trinajstić information content (AvgIpc) is 2.91. The zero-order valence-electron chi connectivity index (χ0n) is 13.8. The number of ether oxygens (including phenoxy) is 3. The van der Waals surface area contributed by atoms with Crippen LogP contribution in [0.15, 0.2) is 23.8 Å². The summed E-state index contributed by atoms with van der Waals surface area (Å²) in [7, 11) is 1.40. The van der Waals surface area contributed by atoms with Gasteiger partial charge in [-0.3, -0.25) is 9.59 Å². The van der Waals surface area contributed by atoms with E-state index in [9.17, 15) is 9.59 Å². The first-order valence-corrected chi connectivity index (χ1v) is 8.42. The lowest BCUT2D eigenvalue weighted by Crippen LogP contribution is -2.26. The predicted octanol–water partition coefficient (Wildman–Crippen LogP) is 3.09. The zero-order chi connectivity index (χ0) is 16.5. The Bertz CT molecular complexity index is 460. The second-order valence-electron chi connectivity index (χ2n) is 5.93. The molecule has 0 aromatic rings. The Morgan fingerprint density at radius 3 is 3.00 bits per heavy atom. The number of hydrogen-bond acceptors (Lipinski definition) is 5. The van der Waals surface area contributed by atoms with Crippen LogP contribution < -0.4 is 0 Å². The Morgan fingerprint density at radius 2 is 2.26 bits per heavy atom. The van der Waals surface area contributed by atoms with Crippen LogP contribution in [-0.2, 0) is 23.8 Å². The molecule has 0 amide bonds. The number of unbranched alkanes of at least 4 members (excludes halogenated alkanes) is 1. The highest BCUT2D eigenvalue weighted by Gasteiger charge is 2.27. The lowest BCUT2D eigenvalue weighted by atomic mass is 10.1. The van der Waals surface area contributed by atoms with Gasteiger partial charge in [-0.15, -0.1) is 0 Å². The van der Waals surface area contributed by atoms with Crippen molar-refractivity contribution in [2.24, 2.45) is 0 Å². The van der Waals surface area contributed by atoms with E-state index in [1.807, 2.05) is 18.2 Å². The molecule has 0 saturated carbocycles. The molecule has 0 N–H and O–H groups in total. The minimum Gasteiger partial charge on any atom is -0.469 e. The van der Waals surface area contributed by atoms with Crippen molar-refractivity contribution in [3.63, 3.8) is 0 Å². The number of carbonyl (C=O) groups is 2. The fourth-order valence-electron chi connectivity index (χ4n) is 2.77. The smallest absolute Gasteiger partial charge is 0.305 e. The van der Waals surface area contributed by atoms with Gasteiger partial charge in [-0.1, -0.05) is 12.2 Å². The van der Waals surface area contributed by atoms with Crippen LogP contribution in [0.5, 0.6) is 0 Å². The van der Waals surface area contributed by atoms with E-state index in [-0.39, 0.29) is 24.1 Å². The maximum Gasteiger partial charge on any atom is 0.305 e. The molecule has 128 valence electrons. The molecule has 2 atom stereocenters. The highest BCUT2D eigenvalue weighted by molar-refractivity contribution is 5.98. The van der Waals surface area contributed by atoms with Gasteiger partial charge in [0.1, 0.15) is 0 Å². The third kappa shape index (κ3) is 6.28. The molecule has 1 aliphatic carbocycles. The third-order valence-corrected chi connectivity index (χ3v) is 4.08. The number of ketones is 1. The molecule has 0 aromatic heterocycles. The molecule has 1 fully saturated rings. The van der Waals surface area contributed by atoms with E-state index < -0.39 is 0 Å². The largest absolute Gasteiger partial charge is 0.469 e. The normalized spacial score (nSPS) is 24.9. The lowest BCUT2D eigenvalue weighted by molar-refractivity contribution is -0.178. The molecule has 0 spiro atoms. The van der Waals surface area contributed by atoms with Gasteiger partial charge in [0.25, 0.3) is 0 Å². The van der Waals surface area contributed by atoms with Crippen LogP contribution in [0.2, 0.25) is 0 Å².